The van der Waals surface area contributed by atoms with Crippen molar-refractivity contribution < 1.29 is 0 Å². The second-order valence-electron chi connectivity index (χ2n) is 5.95. The van der Waals surface area contributed by atoms with Gasteiger partial charge in [-0.25, -0.2) is 4.68 Å². The summed E-state index contributed by atoms with van der Waals surface area (Å²) in [6.45, 7) is 1.42. The number of guanidine groups is 1. The van der Waals surface area contributed by atoms with E-state index in [1.165, 1.54) is 5.69 Å². The Balaban J connectivity index is 0.00000243. The van der Waals surface area contributed by atoms with Gasteiger partial charge in [0.25, 0.3) is 0 Å². The average Bonchev–Trinajstić information content (AvgIpc) is 3.26. The highest BCUT2D eigenvalue weighted by atomic mass is 127. The monoisotopic (exact) mass is 464 g/mol. The molecule has 0 radical (unpaired) electrons. The van der Waals surface area contributed by atoms with E-state index in [2.05, 4.69) is 50.3 Å². The molecule has 0 atom stereocenters. The van der Waals surface area contributed by atoms with Gasteiger partial charge >= 0.3 is 0 Å². The summed E-state index contributed by atoms with van der Waals surface area (Å²) in [6.07, 6.45) is 4.03. The summed E-state index contributed by atoms with van der Waals surface area (Å²) in [4.78, 5) is 6.47. The van der Waals surface area contributed by atoms with Gasteiger partial charge in [-0.15, -0.1) is 24.0 Å². The molecular formula is C19H25IN6. The van der Waals surface area contributed by atoms with Crippen LogP contribution in [0, 0.1) is 0 Å². The Kier molecular flexibility index (Phi) is 7.26. The summed E-state index contributed by atoms with van der Waals surface area (Å²) >= 11 is 0. The minimum Gasteiger partial charge on any atom is -0.353 e. The molecule has 3 rings (SSSR count). The van der Waals surface area contributed by atoms with Gasteiger partial charge in [0.05, 0.1) is 24.5 Å². The van der Waals surface area contributed by atoms with E-state index in [1.807, 2.05) is 54.3 Å². The SMILES string of the molecule is CN=C(NCc1ccn(-c2ccccc2)n1)N(C)Cc1cccn1C.I. The number of hydrogen-bond acceptors (Lipinski definition) is 2. The third-order valence-electron chi connectivity index (χ3n) is 4.12. The van der Waals surface area contributed by atoms with E-state index in [0.717, 1.165) is 23.9 Å². The fourth-order valence-corrected chi connectivity index (χ4v) is 2.71. The van der Waals surface area contributed by atoms with Crippen LogP contribution in [0.1, 0.15) is 11.4 Å². The van der Waals surface area contributed by atoms with Gasteiger partial charge in [0.15, 0.2) is 5.96 Å². The maximum Gasteiger partial charge on any atom is 0.194 e. The topological polar surface area (TPSA) is 50.4 Å². The average molecular weight is 464 g/mol. The molecule has 2 aromatic heterocycles. The minimum atomic E-state index is 0. The van der Waals surface area contributed by atoms with E-state index in [4.69, 9.17) is 0 Å². The number of benzene rings is 1. The van der Waals surface area contributed by atoms with Gasteiger partial charge in [0, 0.05) is 39.2 Å². The number of halogens is 1. The molecule has 3 aromatic rings. The molecule has 0 unspecified atom stereocenters. The van der Waals surface area contributed by atoms with Crippen LogP contribution in [-0.2, 0) is 20.1 Å². The molecular weight excluding hydrogens is 439 g/mol. The van der Waals surface area contributed by atoms with Crippen molar-refractivity contribution in [3.05, 3.63) is 72.3 Å². The van der Waals surface area contributed by atoms with Crippen molar-refractivity contribution in [2.75, 3.05) is 14.1 Å². The van der Waals surface area contributed by atoms with Crippen LogP contribution in [0.25, 0.3) is 5.69 Å². The van der Waals surface area contributed by atoms with Crippen molar-refractivity contribution in [1.29, 1.82) is 0 Å². The van der Waals surface area contributed by atoms with Crippen molar-refractivity contribution in [3.8, 4) is 5.69 Å². The maximum atomic E-state index is 4.61. The number of aryl methyl sites for hydroxylation is 1. The quantitative estimate of drug-likeness (QED) is 0.359. The van der Waals surface area contributed by atoms with Crippen LogP contribution in [0.3, 0.4) is 0 Å². The molecule has 138 valence electrons. The van der Waals surface area contributed by atoms with E-state index in [1.54, 1.807) is 7.05 Å². The first-order chi connectivity index (χ1) is 12.2. The molecule has 0 aliphatic rings. The summed E-state index contributed by atoms with van der Waals surface area (Å²) in [7, 11) is 5.88. The lowest BCUT2D eigenvalue weighted by Gasteiger charge is -2.22. The molecule has 1 N–H and O–H groups in total. The molecule has 0 bridgehead atoms. The lowest BCUT2D eigenvalue weighted by Crippen LogP contribution is -2.38. The predicted octanol–water partition coefficient (Wildman–Crippen LogP) is 3.04. The van der Waals surface area contributed by atoms with Crippen LogP contribution in [0.5, 0.6) is 0 Å². The Morgan fingerprint density at radius 2 is 1.88 bits per heavy atom. The Morgan fingerprint density at radius 3 is 2.54 bits per heavy atom. The van der Waals surface area contributed by atoms with E-state index in [-0.39, 0.29) is 24.0 Å². The minimum absolute atomic E-state index is 0. The van der Waals surface area contributed by atoms with Crippen molar-refractivity contribution in [1.82, 2.24) is 24.6 Å². The highest BCUT2D eigenvalue weighted by Gasteiger charge is 2.09. The Morgan fingerprint density at radius 1 is 1.12 bits per heavy atom. The van der Waals surface area contributed by atoms with Crippen LogP contribution in [0.2, 0.25) is 0 Å². The summed E-state index contributed by atoms with van der Waals surface area (Å²) in [5.41, 5.74) is 3.26. The van der Waals surface area contributed by atoms with Gasteiger partial charge in [-0.05, 0) is 30.3 Å². The molecule has 0 aliphatic heterocycles. The Labute approximate surface area is 171 Å². The number of hydrogen-bond donors (Lipinski definition) is 1. The summed E-state index contributed by atoms with van der Waals surface area (Å²) in [5.74, 6) is 0.843. The van der Waals surface area contributed by atoms with Gasteiger partial charge in [-0.1, -0.05) is 18.2 Å². The smallest absolute Gasteiger partial charge is 0.194 e. The molecule has 0 amide bonds. The van der Waals surface area contributed by atoms with E-state index in [9.17, 15) is 0 Å². The van der Waals surface area contributed by atoms with Crippen molar-refractivity contribution in [2.45, 2.75) is 13.1 Å². The number of aliphatic imine (C=N–C) groups is 1. The fourth-order valence-electron chi connectivity index (χ4n) is 2.71. The number of aromatic nitrogens is 3. The zero-order valence-electron chi connectivity index (χ0n) is 15.3. The molecule has 0 saturated carbocycles. The lowest BCUT2D eigenvalue weighted by molar-refractivity contribution is 0.461. The van der Waals surface area contributed by atoms with Gasteiger partial charge in [0.2, 0.25) is 0 Å². The van der Waals surface area contributed by atoms with Crippen LogP contribution < -0.4 is 5.32 Å². The molecule has 0 saturated heterocycles. The van der Waals surface area contributed by atoms with Crippen molar-refractivity contribution in [3.63, 3.8) is 0 Å². The Hall–Kier alpha value is -2.29. The number of nitrogens with one attached hydrogen (secondary N) is 1. The zero-order valence-corrected chi connectivity index (χ0v) is 17.7. The summed E-state index contributed by atoms with van der Waals surface area (Å²) < 4.78 is 4.00. The molecule has 0 aliphatic carbocycles. The largest absolute Gasteiger partial charge is 0.353 e. The second kappa shape index (κ2) is 9.42. The first-order valence-electron chi connectivity index (χ1n) is 8.29. The van der Waals surface area contributed by atoms with Gasteiger partial charge in [0.1, 0.15) is 0 Å². The van der Waals surface area contributed by atoms with Crippen LogP contribution in [0.4, 0.5) is 0 Å². The van der Waals surface area contributed by atoms with Gasteiger partial charge < -0.3 is 14.8 Å². The van der Waals surface area contributed by atoms with Crippen molar-refractivity contribution in [2.24, 2.45) is 12.0 Å². The fraction of sp³-hybridized carbons (Fsp3) is 0.263. The highest BCUT2D eigenvalue weighted by molar-refractivity contribution is 14.0. The molecule has 7 heteroatoms. The zero-order chi connectivity index (χ0) is 17.6. The van der Waals surface area contributed by atoms with E-state index >= 15 is 0 Å². The third kappa shape index (κ3) is 4.87. The number of nitrogens with zero attached hydrogens (tertiary/aromatic N) is 5. The third-order valence-corrected chi connectivity index (χ3v) is 4.12. The van der Waals surface area contributed by atoms with Gasteiger partial charge in [-0.2, -0.15) is 5.10 Å². The van der Waals surface area contributed by atoms with Crippen molar-refractivity contribution >= 4 is 29.9 Å². The predicted molar refractivity (Wildman–Crippen MR) is 116 cm³/mol. The summed E-state index contributed by atoms with van der Waals surface area (Å²) in [6, 6.07) is 16.3. The molecule has 26 heavy (non-hydrogen) atoms. The van der Waals surface area contributed by atoms with E-state index in [0.29, 0.717) is 6.54 Å². The number of para-hydroxylation sites is 1. The molecule has 0 spiro atoms. The first kappa shape index (κ1) is 20.0. The van der Waals surface area contributed by atoms with Crippen LogP contribution >= 0.6 is 24.0 Å². The maximum absolute atomic E-state index is 4.61. The molecule has 1 aromatic carbocycles. The summed E-state index contributed by atoms with van der Waals surface area (Å²) in [5, 5.41) is 7.99. The molecule has 6 nitrogen and oxygen atoms in total. The standard InChI is InChI=1S/C19H24N6.HI/c1-20-19(24(3)15-18-10-7-12-23(18)2)21-14-16-11-13-25(22-16)17-8-5-4-6-9-17;/h4-13H,14-15H2,1-3H3,(H,20,21);1H. The highest BCUT2D eigenvalue weighted by Crippen LogP contribution is 2.07. The Bertz CT molecular complexity index is 837. The second-order valence-corrected chi connectivity index (χ2v) is 5.95. The van der Waals surface area contributed by atoms with Crippen LogP contribution in [0.15, 0.2) is 65.9 Å². The normalized spacial score (nSPS) is 11.1. The molecule has 2 heterocycles. The molecule has 0 fully saturated rings. The number of rotatable bonds is 5. The van der Waals surface area contributed by atoms with Gasteiger partial charge in [-0.3, -0.25) is 4.99 Å². The van der Waals surface area contributed by atoms with Crippen LogP contribution in [-0.4, -0.2) is 39.3 Å². The first-order valence-corrected chi connectivity index (χ1v) is 8.29. The van der Waals surface area contributed by atoms with E-state index < -0.39 is 0 Å². The lowest BCUT2D eigenvalue weighted by atomic mass is 10.3.